The molecule has 0 radical (unpaired) electrons. The fourth-order valence-electron chi connectivity index (χ4n) is 2.62. The van der Waals surface area contributed by atoms with Gasteiger partial charge >= 0.3 is 5.97 Å². The zero-order valence-electron chi connectivity index (χ0n) is 12.3. The van der Waals surface area contributed by atoms with Crippen LogP contribution in [-0.4, -0.2) is 11.1 Å². The first kappa shape index (κ1) is 14.1. The second-order valence-corrected chi connectivity index (χ2v) is 5.25. The molecule has 3 aromatic carbocycles. The molecule has 1 N–H and O–H groups in total. The van der Waals surface area contributed by atoms with Gasteiger partial charge in [-0.05, 0) is 40.5 Å². The van der Waals surface area contributed by atoms with Gasteiger partial charge in [-0.1, -0.05) is 66.7 Å². The third-order valence-electron chi connectivity index (χ3n) is 3.80. The maximum Gasteiger partial charge on any atom is 0.336 e. The normalized spacial score (nSPS) is 11.6. The molecule has 0 aliphatic rings. The number of carboxylic acids is 1. The molecular weight excluding hydrogens is 272 g/mol. The lowest BCUT2D eigenvalue weighted by atomic mass is 9.95. The van der Waals surface area contributed by atoms with E-state index in [0.29, 0.717) is 5.57 Å². The number of carboxylic acid groups (broad SMARTS) is 1. The van der Waals surface area contributed by atoms with E-state index >= 15 is 0 Å². The number of hydrogen-bond donors (Lipinski definition) is 1. The van der Waals surface area contributed by atoms with Gasteiger partial charge in [0.05, 0.1) is 5.57 Å². The third-order valence-corrected chi connectivity index (χ3v) is 3.80. The summed E-state index contributed by atoms with van der Waals surface area (Å²) in [6.07, 6.45) is 1.75. The molecule has 0 amide bonds. The molecule has 0 unspecified atom stereocenters. The number of rotatable bonds is 3. The summed E-state index contributed by atoms with van der Waals surface area (Å²) in [5.41, 5.74) is 3.04. The van der Waals surface area contributed by atoms with Crippen molar-refractivity contribution in [1.29, 1.82) is 0 Å². The first-order valence-electron chi connectivity index (χ1n) is 7.15. The van der Waals surface area contributed by atoms with Crippen LogP contribution < -0.4 is 0 Å². The summed E-state index contributed by atoms with van der Waals surface area (Å²) >= 11 is 0. The van der Waals surface area contributed by atoms with Crippen LogP contribution >= 0.6 is 0 Å². The highest BCUT2D eigenvalue weighted by Gasteiger charge is 2.13. The van der Waals surface area contributed by atoms with Crippen LogP contribution in [0.4, 0.5) is 0 Å². The minimum atomic E-state index is -0.917. The van der Waals surface area contributed by atoms with Crippen molar-refractivity contribution in [3.8, 4) is 0 Å². The summed E-state index contributed by atoms with van der Waals surface area (Å²) < 4.78 is 0. The molecule has 3 aromatic rings. The van der Waals surface area contributed by atoms with E-state index < -0.39 is 5.97 Å². The lowest BCUT2D eigenvalue weighted by Gasteiger charge is -2.09. The van der Waals surface area contributed by atoms with Gasteiger partial charge in [0.1, 0.15) is 0 Å². The van der Waals surface area contributed by atoms with Gasteiger partial charge in [0.15, 0.2) is 0 Å². The van der Waals surface area contributed by atoms with Crippen LogP contribution in [0.25, 0.3) is 22.4 Å². The number of fused-ring (bicyclic) bond motifs is 1. The molecule has 0 spiro atoms. The fourth-order valence-corrected chi connectivity index (χ4v) is 2.62. The first-order chi connectivity index (χ1) is 10.7. The van der Waals surface area contributed by atoms with Gasteiger partial charge < -0.3 is 5.11 Å². The van der Waals surface area contributed by atoms with E-state index in [4.69, 9.17) is 0 Å². The monoisotopic (exact) mass is 288 g/mol. The third kappa shape index (κ3) is 2.63. The molecule has 0 aliphatic heterocycles. The van der Waals surface area contributed by atoms with Crippen LogP contribution in [0.3, 0.4) is 0 Å². The van der Waals surface area contributed by atoms with Crippen molar-refractivity contribution in [1.82, 2.24) is 0 Å². The van der Waals surface area contributed by atoms with E-state index in [1.165, 1.54) is 0 Å². The number of aliphatic carboxylic acids is 1. The second kappa shape index (κ2) is 5.86. The van der Waals surface area contributed by atoms with Gasteiger partial charge in [0.25, 0.3) is 0 Å². The van der Waals surface area contributed by atoms with Gasteiger partial charge in [0, 0.05) is 0 Å². The number of aryl methyl sites for hydroxylation is 1. The quantitative estimate of drug-likeness (QED) is 0.556. The molecule has 2 heteroatoms. The maximum absolute atomic E-state index is 11.8. The predicted octanol–water partition coefficient (Wildman–Crippen LogP) is 4.77. The van der Waals surface area contributed by atoms with Gasteiger partial charge in [-0.15, -0.1) is 0 Å². The molecule has 108 valence electrons. The molecule has 2 nitrogen and oxygen atoms in total. The topological polar surface area (TPSA) is 37.3 Å². The fraction of sp³-hybridized carbons (Fsp3) is 0.0500. The molecule has 3 rings (SSSR count). The number of hydrogen-bond acceptors (Lipinski definition) is 1. The number of benzene rings is 3. The van der Waals surface area contributed by atoms with Crippen molar-refractivity contribution in [2.45, 2.75) is 6.92 Å². The van der Waals surface area contributed by atoms with E-state index in [-0.39, 0.29) is 0 Å². The second-order valence-electron chi connectivity index (χ2n) is 5.25. The Balaban J connectivity index is 2.24. The molecule has 0 atom stereocenters. The van der Waals surface area contributed by atoms with Crippen molar-refractivity contribution in [3.63, 3.8) is 0 Å². The summed E-state index contributed by atoms with van der Waals surface area (Å²) in [6, 6.07) is 21.4. The van der Waals surface area contributed by atoms with Crippen LogP contribution in [0.2, 0.25) is 0 Å². The van der Waals surface area contributed by atoms with E-state index in [1.54, 1.807) is 6.08 Å². The highest BCUT2D eigenvalue weighted by Crippen LogP contribution is 2.27. The highest BCUT2D eigenvalue weighted by atomic mass is 16.4. The smallest absolute Gasteiger partial charge is 0.336 e. The Morgan fingerprint density at radius 2 is 1.59 bits per heavy atom. The van der Waals surface area contributed by atoms with Crippen LogP contribution in [0, 0.1) is 6.92 Å². The predicted molar refractivity (Wildman–Crippen MR) is 90.6 cm³/mol. The Morgan fingerprint density at radius 3 is 2.36 bits per heavy atom. The van der Waals surface area contributed by atoms with Crippen LogP contribution in [0.5, 0.6) is 0 Å². The summed E-state index contributed by atoms with van der Waals surface area (Å²) in [5, 5.41) is 11.7. The van der Waals surface area contributed by atoms with Crippen LogP contribution in [0.15, 0.2) is 66.7 Å². The van der Waals surface area contributed by atoms with Crippen LogP contribution in [0.1, 0.15) is 16.7 Å². The maximum atomic E-state index is 11.8. The highest BCUT2D eigenvalue weighted by molar-refractivity contribution is 6.24. The minimum Gasteiger partial charge on any atom is -0.478 e. The summed E-state index contributed by atoms with van der Waals surface area (Å²) in [5.74, 6) is -0.917. The van der Waals surface area contributed by atoms with E-state index in [1.807, 2.05) is 73.7 Å². The molecule has 22 heavy (non-hydrogen) atoms. The van der Waals surface area contributed by atoms with E-state index in [9.17, 15) is 9.90 Å². The number of carbonyl (C=O) groups is 1. The Hall–Kier alpha value is -2.87. The average molecular weight is 288 g/mol. The van der Waals surface area contributed by atoms with Crippen molar-refractivity contribution < 1.29 is 9.90 Å². The Bertz CT molecular complexity index is 870. The Morgan fingerprint density at radius 1 is 0.909 bits per heavy atom. The molecule has 0 aromatic heterocycles. The van der Waals surface area contributed by atoms with Gasteiger partial charge in [-0.25, -0.2) is 4.79 Å². The first-order valence-corrected chi connectivity index (χ1v) is 7.15. The van der Waals surface area contributed by atoms with Crippen molar-refractivity contribution in [3.05, 3.63) is 83.4 Å². The van der Waals surface area contributed by atoms with Crippen molar-refractivity contribution >= 4 is 28.4 Å². The van der Waals surface area contributed by atoms with Crippen molar-refractivity contribution in [2.75, 3.05) is 0 Å². The molecule has 0 aliphatic carbocycles. The molecule has 0 saturated heterocycles. The molecule has 0 bridgehead atoms. The molecule has 0 saturated carbocycles. The lowest BCUT2D eigenvalue weighted by molar-refractivity contribution is -0.130. The van der Waals surface area contributed by atoms with Crippen LogP contribution in [-0.2, 0) is 4.79 Å². The molecular formula is C20H16O2. The molecule has 0 fully saturated rings. The average Bonchev–Trinajstić information content (AvgIpc) is 2.53. The zero-order valence-corrected chi connectivity index (χ0v) is 12.3. The lowest BCUT2D eigenvalue weighted by Crippen LogP contribution is -2.00. The summed E-state index contributed by atoms with van der Waals surface area (Å²) in [7, 11) is 0. The zero-order chi connectivity index (χ0) is 15.5. The van der Waals surface area contributed by atoms with E-state index in [2.05, 4.69) is 0 Å². The Labute approximate surface area is 129 Å². The minimum absolute atomic E-state index is 0.311. The Kier molecular flexibility index (Phi) is 3.75. The van der Waals surface area contributed by atoms with Gasteiger partial charge in [-0.2, -0.15) is 0 Å². The summed E-state index contributed by atoms with van der Waals surface area (Å²) in [6.45, 7) is 1.98. The van der Waals surface area contributed by atoms with Crippen molar-refractivity contribution in [2.24, 2.45) is 0 Å². The SMILES string of the molecule is Cc1ccccc1/C=C(\C(=O)O)c1cccc2ccccc12. The van der Waals surface area contributed by atoms with E-state index in [0.717, 1.165) is 27.5 Å². The van der Waals surface area contributed by atoms with Gasteiger partial charge in [0.2, 0.25) is 0 Å². The largest absolute Gasteiger partial charge is 0.478 e. The standard InChI is InChI=1S/C20H16O2/c1-14-7-2-3-9-16(14)13-19(20(21)22)18-12-6-10-15-8-4-5-11-17(15)18/h2-13H,1H3,(H,21,22)/b19-13-. The molecule has 0 heterocycles. The van der Waals surface area contributed by atoms with Gasteiger partial charge in [-0.3, -0.25) is 0 Å². The summed E-state index contributed by atoms with van der Waals surface area (Å²) in [4.78, 5) is 11.8.